The van der Waals surface area contributed by atoms with Crippen LogP contribution in [0.5, 0.6) is 0 Å². The number of hydrogen-bond acceptors (Lipinski definition) is 2. The number of nitrogens with zero attached hydrogens (tertiary/aromatic N) is 2. The number of benzene rings is 6. The number of rotatable bonds is 3. The largest absolute Gasteiger partial charge is 0.311 e. The van der Waals surface area contributed by atoms with E-state index in [1.54, 1.807) is 0 Å². The van der Waals surface area contributed by atoms with Gasteiger partial charge in [0.15, 0.2) is 0 Å². The lowest BCUT2D eigenvalue weighted by atomic mass is 9.33. The Morgan fingerprint density at radius 2 is 0.850 bits per heavy atom. The molecule has 0 saturated carbocycles. The highest BCUT2D eigenvalue weighted by Crippen LogP contribution is 2.49. The summed E-state index contributed by atoms with van der Waals surface area (Å²) in [5.41, 5.74) is 22.0. The predicted octanol–water partition coefficient (Wildman–Crippen LogP) is 14.2. The summed E-state index contributed by atoms with van der Waals surface area (Å²) in [6.07, 6.45) is 0. The molecular formula is C57H67BN2. The zero-order chi connectivity index (χ0) is 43.5. The van der Waals surface area contributed by atoms with E-state index in [0.717, 1.165) is 0 Å². The molecule has 0 bridgehead atoms. The van der Waals surface area contributed by atoms with Crippen LogP contribution in [-0.4, -0.2) is 6.71 Å². The van der Waals surface area contributed by atoms with Crippen molar-refractivity contribution >= 4 is 57.2 Å². The lowest BCUT2D eigenvalue weighted by Crippen LogP contribution is -2.61. The van der Waals surface area contributed by atoms with E-state index >= 15 is 0 Å². The molecule has 2 nitrogen and oxygen atoms in total. The third-order valence-electron chi connectivity index (χ3n) is 13.1. The second kappa shape index (κ2) is 14.0. The lowest BCUT2D eigenvalue weighted by molar-refractivity contribution is 0.589. The molecule has 6 aromatic carbocycles. The van der Waals surface area contributed by atoms with Gasteiger partial charge in [0.25, 0.3) is 6.71 Å². The first-order chi connectivity index (χ1) is 27.8. The molecule has 0 radical (unpaired) electrons. The summed E-state index contributed by atoms with van der Waals surface area (Å²) in [4.78, 5) is 5.19. The van der Waals surface area contributed by atoms with E-state index in [1.807, 2.05) is 0 Å². The van der Waals surface area contributed by atoms with E-state index in [4.69, 9.17) is 0 Å². The number of fused-ring (bicyclic) bond motifs is 4. The summed E-state index contributed by atoms with van der Waals surface area (Å²) < 4.78 is 0. The Hall–Kier alpha value is -5.02. The first kappa shape index (κ1) is 41.7. The van der Waals surface area contributed by atoms with Crippen LogP contribution in [0.2, 0.25) is 0 Å². The molecule has 0 atom stereocenters. The molecule has 0 unspecified atom stereocenters. The Kier molecular flexibility index (Phi) is 9.74. The van der Waals surface area contributed by atoms with Crippen LogP contribution >= 0.6 is 0 Å². The maximum Gasteiger partial charge on any atom is 0.252 e. The van der Waals surface area contributed by atoms with Gasteiger partial charge < -0.3 is 9.80 Å². The molecule has 0 spiro atoms. The van der Waals surface area contributed by atoms with Crippen molar-refractivity contribution in [3.8, 4) is 11.1 Å². The van der Waals surface area contributed by atoms with Gasteiger partial charge in [-0.2, -0.15) is 0 Å². The van der Waals surface area contributed by atoms with Crippen molar-refractivity contribution < 1.29 is 0 Å². The summed E-state index contributed by atoms with van der Waals surface area (Å²) in [6, 6.07) is 45.5. The summed E-state index contributed by atoms with van der Waals surface area (Å²) in [6.45, 7) is 37.2. The van der Waals surface area contributed by atoms with Crippen LogP contribution in [0.15, 0.2) is 115 Å². The molecule has 2 heterocycles. The molecule has 0 aromatic heterocycles. The van der Waals surface area contributed by atoms with Crippen LogP contribution in [0.25, 0.3) is 11.1 Å². The smallest absolute Gasteiger partial charge is 0.252 e. The Labute approximate surface area is 363 Å². The van der Waals surface area contributed by atoms with Crippen molar-refractivity contribution in [3.63, 3.8) is 0 Å². The van der Waals surface area contributed by atoms with Gasteiger partial charge >= 0.3 is 0 Å². The molecule has 2 aliphatic heterocycles. The van der Waals surface area contributed by atoms with Gasteiger partial charge in [0.2, 0.25) is 0 Å². The molecule has 8 rings (SSSR count). The summed E-state index contributed by atoms with van der Waals surface area (Å²) in [5, 5.41) is 0. The molecule has 2 aliphatic rings. The minimum atomic E-state index is -0.0292. The zero-order valence-corrected chi connectivity index (χ0v) is 39.4. The van der Waals surface area contributed by atoms with Crippen LogP contribution in [0.3, 0.4) is 0 Å². The molecule has 3 heteroatoms. The maximum atomic E-state index is 2.64. The average Bonchev–Trinajstić information content (AvgIpc) is 3.15. The molecular weight excluding hydrogens is 723 g/mol. The van der Waals surface area contributed by atoms with Gasteiger partial charge in [-0.3, -0.25) is 0 Å². The third kappa shape index (κ3) is 7.31. The highest BCUT2D eigenvalue weighted by Gasteiger charge is 2.44. The van der Waals surface area contributed by atoms with Crippen LogP contribution in [0, 0.1) is 6.92 Å². The van der Waals surface area contributed by atoms with Crippen molar-refractivity contribution in [3.05, 3.63) is 149 Å². The Morgan fingerprint density at radius 3 is 1.43 bits per heavy atom. The quantitative estimate of drug-likeness (QED) is 0.165. The minimum Gasteiger partial charge on any atom is -0.311 e. The fourth-order valence-electron chi connectivity index (χ4n) is 9.30. The van der Waals surface area contributed by atoms with Crippen molar-refractivity contribution in [1.29, 1.82) is 0 Å². The predicted molar refractivity (Wildman–Crippen MR) is 264 cm³/mol. The highest BCUT2D eigenvalue weighted by molar-refractivity contribution is 7.00. The Bertz CT molecular complexity index is 2630. The van der Waals surface area contributed by atoms with Gasteiger partial charge in [-0.05, 0) is 138 Å². The van der Waals surface area contributed by atoms with E-state index < -0.39 is 0 Å². The van der Waals surface area contributed by atoms with Crippen LogP contribution in [-0.2, 0) is 27.1 Å². The molecule has 0 fully saturated rings. The SMILES string of the molecule is Cc1cc2c3c(c1)N(c1ccc(C(C)(C)C)cc1-c1cccc(C(C)(C)C)c1)c1cc(C(C)(C)C)ccc1B3c1cc(C(C)(C)C)ccc1N2c1ccc(C(C)(C)C)cc1. The highest BCUT2D eigenvalue weighted by atomic mass is 15.2. The summed E-state index contributed by atoms with van der Waals surface area (Å²) in [7, 11) is 0. The number of aryl methyl sites for hydroxylation is 1. The number of hydrogen-bond donors (Lipinski definition) is 0. The maximum absolute atomic E-state index is 2.64. The minimum absolute atomic E-state index is 0.00445. The Balaban J connectivity index is 1.49. The second-order valence-corrected chi connectivity index (χ2v) is 23.0. The molecule has 0 amide bonds. The van der Waals surface area contributed by atoms with Crippen LogP contribution in [0.1, 0.15) is 137 Å². The molecule has 308 valence electrons. The van der Waals surface area contributed by atoms with E-state index in [2.05, 4.69) is 236 Å². The van der Waals surface area contributed by atoms with E-state index in [1.165, 1.54) is 95.0 Å². The first-order valence-corrected chi connectivity index (χ1v) is 22.2. The molecule has 60 heavy (non-hydrogen) atoms. The van der Waals surface area contributed by atoms with Gasteiger partial charge in [0.05, 0.1) is 5.69 Å². The fourth-order valence-corrected chi connectivity index (χ4v) is 9.30. The van der Waals surface area contributed by atoms with Gasteiger partial charge in [-0.25, -0.2) is 0 Å². The van der Waals surface area contributed by atoms with Gasteiger partial charge in [0.1, 0.15) is 0 Å². The van der Waals surface area contributed by atoms with Gasteiger partial charge in [-0.15, -0.1) is 0 Å². The van der Waals surface area contributed by atoms with Crippen molar-refractivity contribution in [2.24, 2.45) is 0 Å². The van der Waals surface area contributed by atoms with Gasteiger partial charge in [0, 0.05) is 34.0 Å². The summed E-state index contributed by atoms with van der Waals surface area (Å²) >= 11 is 0. The fraction of sp³-hybridized carbons (Fsp3) is 0.368. The van der Waals surface area contributed by atoms with Crippen LogP contribution in [0.4, 0.5) is 34.1 Å². The van der Waals surface area contributed by atoms with E-state index in [9.17, 15) is 0 Å². The monoisotopic (exact) mass is 791 g/mol. The first-order valence-electron chi connectivity index (χ1n) is 22.2. The topological polar surface area (TPSA) is 6.48 Å². The molecule has 6 aromatic rings. The standard InChI is InChI=1S/C57H67BN2/c1-36-30-50-52-51(31-36)60(47-28-23-40(55(8,9)10)33-44(47)37-18-17-19-39(32-37)54(5,6)7)49-35-42(57(14,15)16)22-27-45(49)58(52)46-34-41(56(11,12)13)24-29-48(46)59(50)43-25-20-38(21-26-43)53(2,3)4/h17-35H,1-16H3. The number of anilines is 6. The van der Waals surface area contributed by atoms with Gasteiger partial charge in [-0.1, -0.05) is 171 Å². The summed E-state index contributed by atoms with van der Waals surface area (Å²) in [5.74, 6) is 0. The zero-order valence-electron chi connectivity index (χ0n) is 39.4. The van der Waals surface area contributed by atoms with Crippen molar-refractivity contribution in [2.45, 2.75) is 138 Å². The van der Waals surface area contributed by atoms with Crippen molar-refractivity contribution in [2.75, 3.05) is 9.80 Å². The second-order valence-electron chi connectivity index (χ2n) is 23.0. The van der Waals surface area contributed by atoms with E-state index in [0.29, 0.717) is 0 Å². The third-order valence-corrected chi connectivity index (χ3v) is 13.1. The Morgan fingerprint density at radius 1 is 0.367 bits per heavy atom. The molecule has 0 saturated heterocycles. The van der Waals surface area contributed by atoms with Crippen LogP contribution < -0.4 is 26.2 Å². The normalized spacial score (nSPS) is 14.2. The molecule has 0 N–H and O–H groups in total. The lowest BCUT2D eigenvalue weighted by Gasteiger charge is -2.45. The molecule has 0 aliphatic carbocycles. The average molecular weight is 791 g/mol. The van der Waals surface area contributed by atoms with Crippen molar-refractivity contribution in [1.82, 2.24) is 0 Å². The van der Waals surface area contributed by atoms with E-state index in [-0.39, 0.29) is 33.8 Å².